The van der Waals surface area contributed by atoms with E-state index in [-0.39, 0.29) is 6.10 Å². The number of nitrogens with zero attached hydrogens (tertiary/aromatic N) is 1. The SMILES string of the molecule is CCOCC(O)CN1CCC(C(C)(C)C)C1. The lowest BCUT2D eigenvalue weighted by Gasteiger charge is -2.27. The first-order valence-corrected chi connectivity index (χ1v) is 6.41. The Hall–Kier alpha value is -0.120. The Morgan fingerprint density at radius 1 is 1.44 bits per heavy atom. The van der Waals surface area contributed by atoms with Crippen LogP contribution in [-0.2, 0) is 4.74 Å². The molecule has 1 N–H and O–H groups in total. The molecule has 3 nitrogen and oxygen atoms in total. The molecule has 0 saturated carbocycles. The Bertz CT molecular complexity index is 201. The molecule has 0 radical (unpaired) electrons. The van der Waals surface area contributed by atoms with Crippen LogP contribution in [0.15, 0.2) is 0 Å². The molecule has 0 spiro atoms. The van der Waals surface area contributed by atoms with Crippen molar-refractivity contribution in [2.45, 2.75) is 40.2 Å². The van der Waals surface area contributed by atoms with Gasteiger partial charge in [-0.15, -0.1) is 0 Å². The summed E-state index contributed by atoms with van der Waals surface area (Å²) < 4.78 is 5.22. The van der Waals surface area contributed by atoms with Crippen LogP contribution < -0.4 is 0 Å². The maximum atomic E-state index is 9.76. The smallest absolute Gasteiger partial charge is 0.0900 e. The van der Waals surface area contributed by atoms with E-state index in [2.05, 4.69) is 25.7 Å². The summed E-state index contributed by atoms with van der Waals surface area (Å²) in [6.07, 6.45) is 0.920. The van der Waals surface area contributed by atoms with E-state index in [9.17, 15) is 5.11 Å². The van der Waals surface area contributed by atoms with E-state index >= 15 is 0 Å². The minimum atomic E-state index is -0.335. The number of likely N-dealkylation sites (tertiary alicyclic amines) is 1. The third-order valence-electron chi connectivity index (χ3n) is 3.48. The lowest BCUT2D eigenvalue weighted by atomic mass is 9.80. The molecule has 2 atom stereocenters. The molecule has 16 heavy (non-hydrogen) atoms. The number of aliphatic hydroxyl groups excluding tert-OH is 1. The first-order valence-electron chi connectivity index (χ1n) is 6.41. The van der Waals surface area contributed by atoms with Crippen molar-refractivity contribution in [3.8, 4) is 0 Å². The summed E-state index contributed by atoms with van der Waals surface area (Å²) in [6, 6.07) is 0. The third kappa shape index (κ3) is 4.40. The predicted octanol–water partition coefficient (Wildman–Crippen LogP) is 1.75. The molecule has 0 bridgehead atoms. The average molecular weight is 229 g/mol. The summed E-state index contributed by atoms with van der Waals surface area (Å²) in [5.74, 6) is 0.756. The molecule has 1 aliphatic rings. The highest BCUT2D eigenvalue weighted by atomic mass is 16.5. The number of hydrogen-bond donors (Lipinski definition) is 1. The van der Waals surface area contributed by atoms with E-state index in [1.165, 1.54) is 6.42 Å². The highest BCUT2D eigenvalue weighted by molar-refractivity contribution is 4.84. The third-order valence-corrected chi connectivity index (χ3v) is 3.48. The topological polar surface area (TPSA) is 32.7 Å². The second-order valence-corrected chi connectivity index (χ2v) is 5.92. The van der Waals surface area contributed by atoms with Crippen molar-refractivity contribution in [2.24, 2.45) is 11.3 Å². The molecule has 3 heteroatoms. The van der Waals surface area contributed by atoms with Gasteiger partial charge >= 0.3 is 0 Å². The summed E-state index contributed by atoms with van der Waals surface area (Å²) in [6.45, 7) is 13.0. The molecule has 1 fully saturated rings. The molecule has 1 rings (SSSR count). The number of aliphatic hydroxyl groups is 1. The fourth-order valence-electron chi connectivity index (χ4n) is 2.31. The van der Waals surface area contributed by atoms with Crippen LogP contribution in [0.4, 0.5) is 0 Å². The molecule has 1 saturated heterocycles. The highest BCUT2D eigenvalue weighted by Gasteiger charge is 2.32. The van der Waals surface area contributed by atoms with Gasteiger partial charge in [0.1, 0.15) is 0 Å². The second kappa shape index (κ2) is 5.99. The zero-order chi connectivity index (χ0) is 12.2. The van der Waals surface area contributed by atoms with E-state index in [4.69, 9.17) is 4.74 Å². The molecule has 1 aliphatic heterocycles. The van der Waals surface area contributed by atoms with Crippen LogP contribution in [0.2, 0.25) is 0 Å². The lowest BCUT2D eigenvalue weighted by molar-refractivity contribution is 0.0237. The second-order valence-electron chi connectivity index (χ2n) is 5.92. The molecule has 0 amide bonds. The van der Waals surface area contributed by atoms with Gasteiger partial charge in [0.2, 0.25) is 0 Å². The summed E-state index contributed by atoms with van der Waals surface area (Å²) in [5, 5.41) is 9.76. The largest absolute Gasteiger partial charge is 0.389 e. The van der Waals surface area contributed by atoms with Crippen molar-refractivity contribution in [1.82, 2.24) is 4.90 Å². The molecule has 0 aromatic rings. The van der Waals surface area contributed by atoms with E-state index < -0.39 is 0 Å². The Morgan fingerprint density at radius 3 is 2.62 bits per heavy atom. The van der Waals surface area contributed by atoms with Crippen molar-refractivity contribution in [1.29, 1.82) is 0 Å². The van der Waals surface area contributed by atoms with Gasteiger partial charge in [0.25, 0.3) is 0 Å². The predicted molar refractivity (Wildman–Crippen MR) is 66.5 cm³/mol. The summed E-state index contributed by atoms with van der Waals surface area (Å²) in [7, 11) is 0. The van der Waals surface area contributed by atoms with Crippen LogP contribution in [0.25, 0.3) is 0 Å². The zero-order valence-electron chi connectivity index (χ0n) is 11.2. The van der Waals surface area contributed by atoms with Gasteiger partial charge in [0, 0.05) is 19.7 Å². The van der Waals surface area contributed by atoms with Gasteiger partial charge in [-0.2, -0.15) is 0 Å². The molecule has 1 heterocycles. The quantitative estimate of drug-likeness (QED) is 0.779. The van der Waals surface area contributed by atoms with Crippen LogP contribution in [0, 0.1) is 11.3 Å². The summed E-state index contributed by atoms with van der Waals surface area (Å²) in [5.41, 5.74) is 0.389. The molecule has 0 aliphatic carbocycles. The normalized spacial score (nSPS) is 24.9. The van der Waals surface area contributed by atoms with Crippen LogP contribution in [0.1, 0.15) is 34.1 Å². The molecule has 0 aromatic carbocycles. The fourth-order valence-corrected chi connectivity index (χ4v) is 2.31. The standard InChI is InChI=1S/C13H27NO2/c1-5-16-10-12(15)9-14-7-6-11(8-14)13(2,3)4/h11-12,15H,5-10H2,1-4H3. The number of hydrogen-bond acceptors (Lipinski definition) is 3. The number of ether oxygens (including phenoxy) is 1. The van der Waals surface area contributed by atoms with Crippen molar-refractivity contribution in [3.05, 3.63) is 0 Å². The first kappa shape index (κ1) is 13.9. The van der Waals surface area contributed by atoms with Crippen molar-refractivity contribution in [3.63, 3.8) is 0 Å². The highest BCUT2D eigenvalue weighted by Crippen LogP contribution is 2.33. The molecule has 2 unspecified atom stereocenters. The van der Waals surface area contributed by atoms with Gasteiger partial charge in [-0.25, -0.2) is 0 Å². The first-order chi connectivity index (χ1) is 7.43. The van der Waals surface area contributed by atoms with Gasteiger partial charge in [0.05, 0.1) is 12.7 Å². The molecular weight excluding hydrogens is 202 g/mol. The van der Waals surface area contributed by atoms with Gasteiger partial charge < -0.3 is 14.7 Å². The van der Waals surface area contributed by atoms with Crippen LogP contribution in [0.3, 0.4) is 0 Å². The Balaban J connectivity index is 2.26. The summed E-state index contributed by atoms with van der Waals surface area (Å²) >= 11 is 0. The van der Waals surface area contributed by atoms with E-state index in [1.54, 1.807) is 0 Å². The molecule has 0 aromatic heterocycles. The van der Waals surface area contributed by atoms with Crippen LogP contribution in [-0.4, -0.2) is 49.0 Å². The number of rotatable bonds is 5. The Morgan fingerprint density at radius 2 is 2.12 bits per heavy atom. The number of β-amino-alcohol motifs (C(OH)–C–C–N with tert-alkyl or cyclic N) is 1. The van der Waals surface area contributed by atoms with E-state index in [0.717, 1.165) is 25.6 Å². The molecule has 96 valence electrons. The van der Waals surface area contributed by atoms with Gasteiger partial charge in [0.15, 0.2) is 0 Å². The van der Waals surface area contributed by atoms with Crippen LogP contribution >= 0.6 is 0 Å². The monoisotopic (exact) mass is 229 g/mol. The maximum Gasteiger partial charge on any atom is 0.0900 e. The van der Waals surface area contributed by atoms with Gasteiger partial charge in [-0.05, 0) is 31.2 Å². The van der Waals surface area contributed by atoms with E-state index in [1.807, 2.05) is 6.92 Å². The van der Waals surface area contributed by atoms with Crippen molar-refractivity contribution < 1.29 is 9.84 Å². The summed E-state index contributed by atoms with van der Waals surface area (Å²) in [4.78, 5) is 2.36. The lowest BCUT2D eigenvalue weighted by Crippen LogP contribution is -2.34. The fraction of sp³-hybridized carbons (Fsp3) is 1.00. The van der Waals surface area contributed by atoms with Crippen molar-refractivity contribution in [2.75, 3.05) is 32.8 Å². The van der Waals surface area contributed by atoms with Gasteiger partial charge in [-0.3, -0.25) is 0 Å². The maximum absolute atomic E-state index is 9.76. The Labute approximate surface area is 99.8 Å². The van der Waals surface area contributed by atoms with Crippen LogP contribution in [0.5, 0.6) is 0 Å². The molecular formula is C13H27NO2. The minimum Gasteiger partial charge on any atom is -0.389 e. The average Bonchev–Trinajstić information content (AvgIpc) is 2.62. The zero-order valence-corrected chi connectivity index (χ0v) is 11.2. The minimum absolute atomic E-state index is 0.335. The Kier molecular flexibility index (Phi) is 5.22. The van der Waals surface area contributed by atoms with E-state index in [0.29, 0.717) is 18.6 Å². The van der Waals surface area contributed by atoms with Gasteiger partial charge in [-0.1, -0.05) is 20.8 Å². The van der Waals surface area contributed by atoms with Crippen molar-refractivity contribution >= 4 is 0 Å².